The number of imidazole rings is 1. The van der Waals surface area contributed by atoms with Gasteiger partial charge in [-0.2, -0.15) is 0 Å². The highest BCUT2D eigenvalue weighted by Gasteiger charge is 2.16. The van der Waals surface area contributed by atoms with Gasteiger partial charge in [-0.1, -0.05) is 17.7 Å². The van der Waals surface area contributed by atoms with Gasteiger partial charge >= 0.3 is 0 Å². The Hall–Kier alpha value is -1.26. The van der Waals surface area contributed by atoms with Crippen molar-refractivity contribution in [3.8, 4) is 0 Å². The molecule has 2 aromatic rings. The van der Waals surface area contributed by atoms with E-state index in [-0.39, 0.29) is 0 Å². The summed E-state index contributed by atoms with van der Waals surface area (Å²) in [6.07, 6.45) is 4.87. The smallest absolute Gasteiger partial charge is 0.201 e. The molecule has 1 saturated heterocycles. The molecule has 0 aliphatic carbocycles. The van der Waals surface area contributed by atoms with Crippen molar-refractivity contribution in [3.63, 3.8) is 0 Å². The second-order valence-electron chi connectivity index (χ2n) is 5.01. The number of rotatable bonds is 3. The fourth-order valence-corrected chi connectivity index (χ4v) is 2.97. The molecule has 1 aromatic carbocycles. The third-order valence-corrected chi connectivity index (χ3v) is 4.00. The largest absolute Gasteiger partial charge is 0.378 e. The van der Waals surface area contributed by atoms with Crippen molar-refractivity contribution in [2.75, 3.05) is 12.3 Å². The lowest BCUT2D eigenvalue weighted by atomic mass is 10.1. The summed E-state index contributed by atoms with van der Waals surface area (Å²) in [6.45, 7) is 1.68. The second-order valence-corrected chi connectivity index (χ2v) is 5.41. The molecule has 102 valence electrons. The van der Waals surface area contributed by atoms with Crippen molar-refractivity contribution >= 4 is 28.6 Å². The number of nitrogens with two attached hydrogens (primary N) is 1. The van der Waals surface area contributed by atoms with Crippen LogP contribution in [0.3, 0.4) is 0 Å². The molecule has 2 heterocycles. The van der Waals surface area contributed by atoms with Gasteiger partial charge in [0.1, 0.15) is 0 Å². The maximum Gasteiger partial charge on any atom is 0.201 e. The maximum atomic E-state index is 6.25. The van der Waals surface area contributed by atoms with Crippen molar-refractivity contribution in [2.45, 2.75) is 38.3 Å². The highest BCUT2D eigenvalue weighted by Crippen LogP contribution is 2.26. The first-order valence-corrected chi connectivity index (χ1v) is 7.15. The summed E-state index contributed by atoms with van der Waals surface area (Å²) in [6, 6.07) is 5.70. The molecular formula is C14H18ClN3O. The molecule has 0 saturated carbocycles. The van der Waals surface area contributed by atoms with Crippen molar-refractivity contribution in [2.24, 2.45) is 0 Å². The van der Waals surface area contributed by atoms with E-state index in [2.05, 4.69) is 4.98 Å². The standard InChI is InChI=1S/C14H18ClN3O/c15-11-5-3-6-12-13(11)18(14(16)17-12)8-7-10-4-1-2-9-19-10/h3,5-6,10H,1-2,4,7-9H2,(H2,16,17). The molecule has 1 atom stereocenters. The number of benzene rings is 1. The highest BCUT2D eigenvalue weighted by atomic mass is 35.5. The van der Waals surface area contributed by atoms with Gasteiger partial charge in [-0.15, -0.1) is 0 Å². The lowest BCUT2D eigenvalue weighted by Gasteiger charge is -2.22. The molecule has 5 heteroatoms. The molecule has 1 aliphatic rings. The van der Waals surface area contributed by atoms with Crippen molar-refractivity contribution in [3.05, 3.63) is 23.2 Å². The summed E-state index contributed by atoms with van der Waals surface area (Å²) in [5.41, 5.74) is 7.77. The average Bonchev–Trinajstić information content (AvgIpc) is 2.75. The number of aromatic nitrogens is 2. The molecule has 4 nitrogen and oxygen atoms in total. The summed E-state index contributed by atoms with van der Waals surface area (Å²) in [5.74, 6) is 0.527. The maximum absolute atomic E-state index is 6.25. The quantitative estimate of drug-likeness (QED) is 0.938. The van der Waals surface area contributed by atoms with Gasteiger partial charge in [0.05, 0.1) is 22.2 Å². The zero-order chi connectivity index (χ0) is 13.2. The fraction of sp³-hybridized carbons (Fsp3) is 0.500. The Bertz CT molecular complexity index is 575. The number of ether oxygens (including phenoxy) is 1. The molecule has 0 amide bonds. The molecule has 0 bridgehead atoms. The van der Waals surface area contributed by atoms with Crippen LogP contribution in [0.4, 0.5) is 5.95 Å². The number of anilines is 1. The third-order valence-electron chi connectivity index (χ3n) is 3.70. The third kappa shape index (κ3) is 2.55. The summed E-state index contributed by atoms with van der Waals surface area (Å²) >= 11 is 6.25. The fourth-order valence-electron chi connectivity index (χ4n) is 2.69. The zero-order valence-electron chi connectivity index (χ0n) is 10.8. The van der Waals surface area contributed by atoms with Crippen LogP contribution in [0.5, 0.6) is 0 Å². The summed E-state index contributed by atoms with van der Waals surface area (Å²) in [5, 5.41) is 0.700. The van der Waals surface area contributed by atoms with Crippen LogP contribution < -0.4 is 5.73 Å². The van der Waals surface area contributed by atoms with Crippen molar-refractivity contribution in [1.82, 2.24) is 9.55 Å². The van der Waals surface area contributed by atoms with Gasteiger partial charge in [0, 0.05) is 13.2 Å². The summed E-state index contributed by atoms with van der Waals surface area (Å²) < 4.78 is 7.75. The van der Waals surface area contributed by atoms with Crippen LogP contribution in [0, 0.1) is 0 Å². The Morgan fingerprint density at radius 2 is 2.32 bits per heavy atom. The first kappa shape index (κ1) is 12.8. The second kappa shape index (κ2) is 5.39. The minimum atomic E-state index is 0.341. The van der Waals surface area contributed by atoms with Crippen LogP contribution in [0.1, 0.15) is 25.7 Å². The van der Waals surface area contributed by atoms with Crippen LogP contribution >= 0.6 is 11.6 Å². The monoisotopic (exact) mass is 279 g/mol. The van der Waals surface area contributed by atoms with E-state index < -0.39 is 0 Å². The van der Waals surface area contributed by atoms with E-state index in [9.17, 15) is 0 Å². The topological polar surface area (TPSA) is 53.1 Å². The molecule has 1 aromatic heterocycles. The molecule has 3 rings (SSSR count). The van der Waals surface area contributed by atoms with Gasteiger partial charge in [-0.25, -0.2) is 4.98 Å². The van der Waals surface area contributed by atoms with Crippen molar-refractivity contribution < 1.29 is 4.74 Å². The number of fused-ring (bicyclic) bond motifs is 1. The van der Waals surface area contributed by atoms with E-state index in [1.165, 1.54) is 12.8 Å². The molecule has 1 aliphatic heterocycles. The lowest BCUT2D eigenvalue weighted by molar-refractivity contribution is 0.00906. The molecule has 2 N–H and O–H groups in total. The predicted octanol–water partition coefficient (Wildman–Crippen LogP) is 3.23. The normalized spacial score (nSPS) is 19.9. The first-order chi connectivity index (χ1) is 9.25. The van der Waals surface area contributed by atoms with E-state index in [1.54, 1.807) is 0 Å². The Morgan fingerprint density at radius 1 is 1.42 bits per heavy atom. The van der Waals surface area contributed by atoms with Crippen LogP contribution in [0.15, 0.2) is 18.2 Å². The number of nitrogens with zero attached hydrogens (tertiary/aromatic N) is 2. The van der Waals surface area contributed by atoms with E-state index >= 15 is 0 Å². The molecule has 19 heavy (non-hydrogen) atoms. The number of aryl methyl sites for hydroxylation is 1. The lowest BCUT2D eigenvalue weighted by Crippen LogP contribution is -2.21. The number of hydrogen-bond donors (Lipinski definition) is 1. The Morgan fingerprint density at radius 3 is 3.11 bits per heavy atom. The highest BCUT2D eigenvalue weighted by molar-refractivity contribution is 6.35. The van der Waals surface area contributed by atoms with Gasteiger partial charge in [0.2, 0.25) is 5.95 Å². The molecule has 1 fully saturated rings. The van der Waals surface area contributed by atoms with Crippen LogP contribution in [-0.4, -0.2) is 22.3 Å². The van der Waals surface area contributed by atoms with Crippen LogP contribution in [-0.2, 0) is 11.3 Å². The summed E-state index contributed by atoms with van der Waals surface area (Å²) in [4.78, 5) is 4.35. The van der Waals surface area contributed by atoms with Crippen LogP contribution in [0.2, 0.25) is 5.02 Å². The van der Waals surface area contributed by atoms with Gasteiger partial charge < -0.3 is 15.0 Å². The van der Waals surface area contributed by atoms with Crippen LogP contribution in [0.25, 0.3) is 11.0 Å². The Kier molecular flexibility index (Phi) is 3.62. The minimum absolute atomic E-state index is 0.341. The summed E-state index contributed by atoms with van der Waals surface area (Å²) in [7, 11) is 0. The number of halogens is 1. The molecular weight excluding hydrogens is 262 g/mol. The zero-order valence-corrected chi connectivity index (χ0v) is 11.6. The van der Waals surface area contributed by atoms with Gasteiger partial charge in [-0.3, -0.25) is 0 Å². The van der Waals surface area contributed by atoms with E-state index in [1.807, 2.05) is 22.8 Å². The van der Waals surface area contributed by atoms with Crippen molar-refractivity contribution in [1.29, 1.82) is 0 Å². The average molecular weight is 280 g/mol. The number of para-hydroxylation sites is 1. The minimum Gasteiger partial charge on any atom is -0.378 e. The first-order valence-electron chi connectivity index (χ1n) is 6.77. The number of nitrogen functional groups attached to an aromatic ring is 1. The van der Waals surface area contributed by atoms with E-state index in [4.69, 9.17) is 22.1 Å². The Labute approximate surface area is 117 Å². The van der Waals surface area contributed by atoms with Gasteiger partial charge in [-0.05, 0) is 37.8 Å². The SMILES string of the molecule is Nc1nc2cccc(Cl)c2n1CCC1CCCCO1. The molecule has 0 radical (unpaired) electrons. The van der Waals surface area contributed by atoms with E-state index in [0.717, 1.165) is 37.0 Å². The van der Waals surface area contributed by atoms with E-state index in [0.29, 0.717) is 17.1 Å². The Balaban J connectivity index is 1.81. The molecule has 1 unspecified atom stereocenters. The van der Waals surface area contributed by atoms with Gasteiger partial charge in [0.15, 0.2) is 0 Å². The predicted molar refractivity (Wildman–Crippen MR) is 77.4 cm³/mol. The van der Waals surface area contributed by atoms with Gasteiger partial charge in [0.25, 0.3) is 0 Å². The number of hydrogen-bond acceptors (Lipinski definition) is 3. The molecule has 0 spiro atoms.